The van der Waals surface area contributed by atoms with Gasteiger partial charge in [0.15, 0.2) is 5.69 Å². The fraction of sp³-hybridized carbons (Fsp3) is 0.600. The molecule has 0 spiro atoms. The fourth-order valence-corrected chi connectivity index (χ4v) is 1.39. The highest BCUT2D eigenvalue weighted by Gasteiger charge is 2.39. The lowest BCUT2D eigenvalue weighted by Gasteiger charge is -2.15. The van der Waals surface area contributed by atoms with Gasteiger partial charge in [-0.2, -0.15) is 18.2 Å². The summed E-state index contributed by atoms with van der Waals surface area (Å²) >= 11 is 0. The third kappa shape index (κ3) is 2.78. The maximum absolute atomic E-state index is 12.6. The van der Waals surface area contributed by atoms with Crippen molar-refractivity contribution < 1.29 is 13.2 Å². The smallest absolute Gasteiger partial charge is 0.365 e. The van der Waals surface area contributed by atoms with Gasteiger partial charge in [0.2, 0.25) is 5.95 Å². The molecule has 1 aromatic heterocycles. The quantitative estimate of drug-likeness (QED) is 0.860. The summed E-state index contributed by atoms with van der Waals surface area (Å²) < 4.78 is 37.8. The van der Waals surface area contributed by atoms with E-state index in [0.29, 0.717) is 0 Å². The number of anilines is 2. The largest absolute Gasteiger partial charge is 0.433 e. The summed E-state index contributed by atoms with van der Waals surface area (Å²) in [5, 5.41) is 5.51. The van der Waals surface area contributed by atoms with Crippen molar-refractivity contribution in [3.05, 3.63) is 11.8 Å². The maximum Gasteiger partial charge on any atom is 0.433 e. The van der Waals surface area contributed by atoms with Crippen LogP contribution in [-0.4, -0.2) is 22.6 Å². The van der Waals surface area contributed by atoms with Crippen molar-refractivity contribution in [1.29, 1.82) is 0 Å². The lowest BCUT2D eigenvalue weighted by Crippen LogP contribution is -2.19. The van der Waals surface area contributed by atoms with E-state index < -0.39 is 11.9 Å². The van der Waals surface area contributed by atoms with Crippen LogP contribution in [0.1, 0.15) is 25.5 Å². The molecule has 2 N–H and O–H groups in total. The minimum atomic E-state index is -4.46. The second-order valence-corrected chi connectivity index (χ2v) is 4.40. The summed E-state index contributed by atoms with van der Waals surface area (Å²) in [6.07, 6.45) is -2.59. The molecule has 17 heavy (non-hydrogen) atoms. The van der Waals surface area contributed by atoms with Crippen LogP contribution in [0.25, 0.3) is 0 Å². The van der Waals surface area contributed by atoms with Crippen LogP contribution in [0.3, 0.4) is 0 Å². The molecule has 4 nitrogen and oxygen atoms in total. The topological polar surface area (TPSA) is 49.8 Å². The SMILES string of the molecule is CNc1nc(NC2(C)CC2)cc(C(F)(F)F)n1. The van der Waals surface area contributed by atoms with Gasteiger partial charge in [-0.1, -0.05) is 0 Å². The first-order valence-electron chi connectivity index (χ1n) is 5.25. The average Bonchev–Trinajstić information content (AvgIpc) is 2.94. The molecule has 1 aromatic rings. The van der Waals surface area contributed by atoms with Crippen LogP contribution in [0, 0.1) is 0 Å². The first kappa shape index (κ1) is 11.9. The highest BCUT2D eigenvalue weighted by Crippen LogP contribution is 2.38. The standard InChI is InChI=1S/C10H13F3N4/c1-9(3-4-9)17-7-5-6(10(11,12)13)15-8(14-2)16-7/h5H,3-4H2,1-2H3,(H2,14,15,16,17). The van der Waals surface area contributed by atoms with Crippen LogP contribution in [0.2, 0.25) is 0 Å². The van der Waals surface area contributed by atoms with Crippen molar-refractivity contribution in [2.75, 3.05) is 17.7 Å². The van der Waals surface area contributed by atoms with Crippen molar-refractivity contribution in [3.63, 3.8) is 0 Å². The second kappa shape index (κ2) is 3.75. The fourth-order valence-electron chi connectivity index (χ4n) is 1.39. The van der Waals surface area contributed by atoms with E-state index in [1.54, 1.807) is 0 Å². The van der Waals surface area contributed by atoms with Crippen LogP contribution in [0.4, 0.5) is 24.9 Å². The summed E-state index contributed by atoms with van der Waals surface area (Å²) in [4.78, 5) is 7.34. The molecule has 0 radical (unpaired) electrons. The van der Waals surface area contributed by atoms with Gasteiger partial charge in [-0.3, -0.25) is 0 Å². The van der Waals surface area contributed by atoms with Gasteiger partial charge in [-0.15, -0.1) is 0 Å². The Morgan fingerprint density at radius 2 is 1.94 bits per heavy atom. The molecule has 1 saturated carbocycles. The molecule has 0 amide bonds. The third-order valence-corrected chi connectivity index (χ3v) is 2.67. The highest BCUT2D eigenvalue weighted by molar-refractivity contribution is 5.46. The van der Waals surface area contributed by atoms with E-state index >= 15 is 0 Å². The van der Waals surface area contributed by atoms with Crippen molar-refractivity contribution in [1.82, 2.24) is 9.97 Å². The molecule has 0 unspecified atom stereocenters. The molecule has 94 valence electrons. The summed E-state index contributed by atoms with van der Waals surface area (Å²) in [6.45, 7) is 1.95. The Balaban J connectivity index is 2.31. The van der Waals surface area contributed by atoms with E-state index in [0.717, 1.165) is 18.9 Å². The van der Waals surface area contributed by atoms with Gasteiger partial charge in [0.1, 0.15) is 5.82 Å². The van der Waals surface area contributed by atoms with Crippen molar-refractivity contribution in [2.24, 2.45) is 0 Å². The Bertz CT molecular complexity index is 426. The highest BCUT2D eigenvalue weighted by atomic mass is 19.4. The monoisotopic (exact) mass is 246 g/mol. The number of alkyl halides is 3. The molecular weight excluding hydrogens is 233 g/mol. The predicted molar refractivity (Wildman–Crippen MR) is 57.8 cm³/mol. The minimum Gasteiger partial charge on any atom is -0.365 e. The van der Waals surface area contributed by atoms with Gasteiger partial charge < -0.3 is 10.6 Å². The van der Waals surface area contributed by atoms with Crippen LogP contribution in [0.15, 0.2) is 6.07 Å². The van der Waals surface area contributed by atoms with Gasteiger partial charge in [-0.25, -0.2) is 4.98 Å². The van der Waals surface area contributed by atoms with Gasteiger partial charge in [-0.05, 0) is 19.8 Å². The number of hydrogen-bond acceptors (Lipinski definition) is 4. The normalized spacial score (nSPS) is 17.7. The zero-order valence-corrected chi connectivity index (χ0v) is 9.52. The lowest BCUT2D eigenvalue weighted by molar-refractivity contribution is -0.141. The molecule has 1 fully saturated rings. The van der Waals surface area contributed by atoms with Crippen LogP contribution >= 0.6 is 0 Å². The number of nitrogens with zero attached hydrogens (tertiary/aromatic N) is 2. The molecule has 1 aliphatic rings. The Hall–Kier alpha value is -1.53. The van der Waals surface area contributed by atoms with E-state index in [4.69, 9.17) is 0 Å². The number of hydrogen-bond donors (Lipinski definition) is 2. The van der Waals surface area contributed by atoms with Gasteiger partial charge in [0, 0.05) is 18.7 Å². The van der Waals surface area contributed by atoms with E-state index in [-0.39, 0.29) is 17.3 Å². The third-order valence-electron chi connectivity index (χ3n) is 2.67. The molecule has 0 atom stereocenters. The zero-order valence-electron chi connectivity index (χ0n) is 9.52. The Kier molecular flexibility index (Phi) is 2.63. The van der Waals surface area contributed by atoms with Crippen molar-refractivity contribution >= 4 is 11.8 Å². The Morgan fingerprint density at radius 1 is 1.29 bits per heavy atom. The Morgan fingerprint density at radius 3 is 2.41 bits per heavy atom. The molecular formula is C10H13F3N4. The molecule has 0 aliphatic heterocycles. The molecule has 2 rings (SSSR count). The number of rotatable bonds is 3. The van der Waals surface area contributed by atoms with Crippen LogP contribution < -0.4 is 10.6 Å². The minimum absolute atomic E-state index is 0.0356. The van der Waals surface area contributed by atoms with Gasteiger partial charge in [0.05, 0.1) is 0 Å². The zero-order chi connectivity index (χ0) is 12.7. The second-order valence-electron chi connectivity index (χ2n) is 4.40. The molecule has 1 aliphatic carbocycles. The van der Waals surface area contributed by atoms with Crippen LogP contribution in [-0.2, 0) is 6.18 Å². The Labute approximate surface area is 96.7 Å². The van der Waals surface area contributed by atoms with Gasteiger partial charge >= 0.3 is 6.18 Å². The molecule has 0 saturated heterocycles. The molecule has 0 aromatic carbocycles. The molecule has 7 heteroatoms. The lowest BCUT2D eigenvalue weighted by atomic mass is 10.3. The van der Waals surface area contributed by atoms with E-state index in [1.807, 2.05) is 6.92 Å². The number of halogens is 3. The summed E-state index contributed by atoms with van der Waals surface area (Å²) in [6, 6.07) is 0.935. The first-order chi connectivity index (χ1) is 7.82. The van der Waals surface area contributed by atoms with Crippen molar-refractivity contribution in [3.8, 4) is 0 Å². The average molecular weight is 246 g/mol. The first-order valence-corrected chi connectivity index (χ1v) is 5.25. The molecule has 0 bridgehead atoms. The number of nitrogens with one attached hydrogen (secondary N) is 2. The van der Waals surface area contributed by atoms with Crippen LogP contribution in [0.5, 0.6) is 0 Å². The van der Waals surface area contributed by atoms with E-state index in [2.05, 4.69) is 20.6 Å². The predicted octanol–water partition coefficient (Wildman–Crippen LogP) is 2.50. The van der Waals surface area contributed by atoms with E-state index in [1.165, 1.54) is 7.05 Å². The summed E-state index contributed by atoms with van der Waals surface area (Å²) in [5.74, 6) is 0.170. The summed E-state index contributed by atoms with van der Waals surface area (Å²) in [5.41, 5.74) is -1.06. The van der Waals surface area contributed by atoms with Gasteiger partial charge in [0.25, 0.3) is 0 Å². The van der Waals surface area contributed by atoms with Crippen molar-refractivity contribution in [2.45, 2.75) is 31.5 Å². The molecule has 1 heterocycles. The summed E-state index contributed by atoms with van der Waals surface area (Å²) in [7, 11) is 1.48. The number of aromatic nitrogens is 2. The van der Waals surface area contributed by atoms with E-state index in [9.17, 15) is 13.2 Å². The maximum atomic E-state index is 12.6.